The summed E-state index contributed by atoms with van der Waals surface area (Å²) in [4.78, 5) is 18.9. The van der Waals surface area contributed by atoms with Crippen molar-refractivity contribution in [3.05, 3.63) is 15.9 Å². The molecule has 108 valence electrons. The number of hydrogen-bond acceptors (Lipinski definition) is 4. The number of carbonyl (C=O) groups is 1. The molecule has 2 aromatic rings. The van der Waals surface area contributed by atoms with Crippen LogP contribution in [0, 0.1) is 6.92 Å². The van der Waals surface area contributed by atoms with E-state index in [1.807, 2.05) is 13.8 Å². The first kappa shape index (κ1) is 13.6. The topological polar surface area (TPSA) is 70.7 Å². The van der Waals surface area contributed by atoms with E-state index in [0.717, 1.165) is 29.8 Å². The summed E-state index contributed by atoms with van der Waals surface area (Å²) in [6.07, 6.45) is 2.13. The molecular formula is C12H15ClN4O2S. The van der Waals surface area contributed by atoms with Gasteiger partial charge >= 0.3 is 6.09 Å². The van der Waals surface area contributed by atoms with Crippen LogP contribution in [-0.4, -0.2) is 36.7 Å². The lowest BCUT2D eigenvalue weighted by Crippen LogP contribution is -2.44. The fourth-order valence-corrected chi connectivity index (χ4v) is 3.97. The van der Waals surface area contributed by atoms with Gasteiger partial charge in [-0.15, -0.1) is 5.10 Å². The summed E-state index contributed by atoms with van der Waals surface area (Å²) in [6.45, 7) is 3.84. The van der Waals surface area contributed by atoms with Crippen LogP contribution in [0.25, 0.3) is 4.96 Å². The fourth-order valence-electron chi connectivity index (χ4n) is 2.65. The van der Waals surface area contributed by atoms with E-state index in [1.54, 1.807) is 9.42 Å². The van der Waals surface area contributed by atoms with Crippen molar-refractivity contribution in [2.75, 3.05) is 0 Å². The monoisotopic (exact) mass is 314 g/mol. The lowest BCUT2D eigenvalue weighted by atomic mass is 9.90. The number of rotatable bonds is 3. The Balaban J connectivity index is 1.97. The highest BCUT2D eigenvalue weighted by Crippen LogP contribution is 2.36. The molecule has 1 atom stereocenters. The van der Waals surface area contributed by atoms with Gasteiger partial charge in [-0.05, 0) is 44.7 Å². The van der Waals surface area contributed by atoms with Crippen molar-refractivity contribution >= 4 is 34.0 Å². The third-order valence-corrected chi connectivity index (χ3v) is 5.38. The van der Waals surface area contributed by atoms with Crippen molar-refractivity contribution in [3.63, 3.8) is 0 Å². The van der Waals surface area contributed by atoms with Gasteiger partial charge in [0, 0.05) is 6.04 Å². The maximum absolute atomic E-state index is 11.5. The van der Waals surface area contributed by atoms with Gasteiger partial charge in [0.05, 0.1) is 16.6 Å². The second-order valence-electron chi connectivity index (χ2n) is 5.08. The molecule has 6 nitrogen and oxygen atoms in total. The van der Waals surface area contributed by atoms with Crippen LogP contribution in [0.4, 0.5) is 4.79 Å². The minimum Gasteiger partial charge on any atom is -0.465 e. The number of thiazole rings is 1. The molecule has 0 aliphatic heterocycles. The van der Waals surface area contributed by atoms with Crippen molar-refractivity contribution in [1.82, 2.24) is 19.5 Å². The molecule has 8 heteroatoms. The first-order chi connectivity index (χ1) is 9.49. The number of fused-ring (bicyclic) bond motifs is 1. The Hall–Kier alpha value is -1.34. The minimum atomic E-state index is -0.862. The van der Waals surface area contributed by atoms with Crippen molar-refractivity contribution in [2.24, 2.45) is 0 Å². The largest absolute Gasteiger partial charge is 0.465 e. The molecule has 0 aromatic carbocycles. The number of aromatic nitrogens is 3. The molecule has 1 saturated carbocycles. The summed E-state index contributed by atoms with van der Waals surface area (Å²) in [5.41, 5.74) is 0.905. The lowest BCUT2D eigenvalue weighted by molar-refractivity contribution is 0.0745. The zero-order valence-corrected chi connectivity index (χ0v) is 12.8. The zero-order chi connectivity index (χ0) is 14.4. The summed E-state index contributed by atoms with van der Waals surface area (Å²) in [5, 5.41) is 13.8. The van der Waals surface area contributed by atoms with Crippen LogP contribution >= 0.6 is 22.9 Å². The fraction of sp³-hybridized carbons (Fsp3) is 0.583. The van der Waals surface area contributed by atoms with Gasteiger partial charge in [0.2, 0.25) is 10.2 Å². The quantitative estimate of drug-likeness (QED) is 0.943. The SMILES string of the molecule is Cc1c(C(C)N(C(=O)O)C2CCC2)sc2nc(Cl)nn12. The van der Waals surface area contributed by atoms with Crippen molar-refractivity contribution < 1.29 is 9.90 Å². The van der Waals surface area contributed by atoms with E-state index in [0.29, 0.717) is 4.96 Å². The summed E-state index contributed by atoms with van der Waals surface area (Å²) >= 11 is 7.23. The maximum atomic E-state index is 11.5. The second kappa shape index (κ2) is 4.89. The van der Waals surface area contributed by atoms with Crippen LogP contribution in [0.15, 0.2) is 0 Å². The Bertz CT molecular complexity index is 664. The normalized spacial score (nSPS) is 17.1. The van der Waals surface area contributed by atoms with Crippen LogP contribution in [0.2, 0.25) is 5.28 Å². The Morgan fingerprint density at radius 2 is 2.30 bits per heavy atom. The van der Waals surface area contributed by atoms with E-state index in [9.17, 15) is 9.90 Å². The summed E-state index contributed by atoms with van der Waals surface area (Å²) in [5.74, 6) is 0. The van der Waals surface area contributed by atoms with E-state index in [-0.39, 0.29) is 17.4 Å². The molecule has 1 unspecified atom stereocenters. The van der Waals surface area contributed by atoms with E-state index in [2.05, 4.69) is 10.1 Å². The van der Waals surface area contributed by atoms with Crippen molar-refractivity contribution in [2.45, 2.75) is 45.2 Å². The van der Waals surface area contributed by atoms with Gasteiger partial charge in [-0.3, -0.25) is 4.90 Å². The zero-order valence-electron chi connectivity index (χ0n) is 11.2. The van der Waals surface area contributed by atoms with Crippen LogP contribution < -0.4 is 0 Å². The summed E-state index contributed by atoms with van der Waals surface area (Å²) < 4.78 is 1.68. The molecule has 2 aromatic heterocycles. The average molecular weight is 315 g/mol. The Morgan fingerprint density at radius 1 is 1.60 bits per heavy atom. The molecule has 1 amide bonds. The number of nitrogens with zero attached hydrogens (tertiary/aromatic N) is 4. The van der Waals surface area contributed by atoms with Gasteiger partial charge in [-0.1, -0.05) is 11.3 Å². The molecule has 1 fully saturated rings. The highest BCUT2D eigenvalue weighted by molar-refractivity contribution is 7.17. The van der Waals surface area contributed by atoms with Gasteiger partial charge in [-0.2, -0.15) is 4.98 Å². The molecule has 2 heterocycles. The highest BCUT2D eigenvalue weighted by Gasteiger charge is 2.34. The van der Waals surface area contributed by atoms with Crippen LogP contribution in [0.3, 0.4) is 0 Å². The first-order valence-electron chi connectivity index (χ1n) is 6.52. The van der Waals surface area contributed by atoms with Crippen molar-refractivity contribution in [3.8, 4) is 0 Å². The highest BCUT2D eigenvalue weighted by atomic mass is 35.5. The Labute approximate surface area is 125 Å². The molecular weight excluding hydrogens is 300 g/mol. The van der Waals surface area contributed by atoms with Crippen LogP contribution in [-0.2, 0) is 0 Å². The van der Waals surface area contributed by atoms with Gasteiger partial charge in [-0.25, -0.2) is 9.31 Å². The van der Waals surface area contributed by atoms with Crippen LogP contribution in [0.1, 0.15) is 42.8 Å². The smallest absolute Gasteiger partial charge is 0.408 e. The minimum absolute atomic E-state index is 0.132. The number of hydrogen-bond donors (Lipinski definition) is 1. The van der Waals surface area contributed by atoms with E-state index in [4.69, 9.17) is 11.6 Å². The molecule has 0 spiro atoms. The van der Waals surface area contributed by atoms with Gasteiger partial charge in [0.15, 0.2) is 0 Å². The second-order valence-corrected chi connectivity index (χ2v) is 6.42. The molecule has 1 aliphatic rings. The Kier molecular flexibility index (Phi) is 3.33. The van der Waals surface area contributed by atoms with E-state index < -0.39 is 6.09 Å². The first-order valence-corrected chi connectivity index (χ1v) is 7.71. The van der Waals surface area contributed by atoms with Crippen molar-refractivity contribution in [1.29, 1.82) is 0 Å². The number of halogens is 1. The third kappa shape index (κ3) is 2.05. The molecule has 1 aliphatic carbocycles. The average Bonchev–Trinajstić information content (AvgIpc) is 2.81. The molecule has 1 N–H and O–H groups in total. The number of carboxylic acid groups (broad SMARTS) is 1. The predicted molar refractivity (Wildman–Crippen MR) is 76.5 cm³/mol. The van der Waals surface area contributed by atoms with Crippen LogP contribution in [0.5, 0.6) is 0 Å². The summed E-state index contributed by atoms with van der Waals surface area (Å²) in [7, 11) is 0. The van der Waals surface area contributed by atoms with Gasteiger partial charge in [0.25, 0.3) is 0 Å². The third-order valence-electron chi connectivity index (χ3n) is 3.91. The van der Waals surface area contributed by atoms with E-state index >= 15 is 0 Å². The number of amides is 1. The molecule has 3 rings (SSSR count). The van der Waals surface area contributed by atoms with Gasteiger partial charge in [0.1, 0.15) is 0 Å². The Morgan fingerprint density at radius 3 is 2.80 bits per heavy atom. The maximum Gasteiger partial charge on any atom is 0.408 e. The van der Waals surface area contributed by atoms with Gasteiger partial charge < -0.3 is 5.11 Å². The number of aryl methyl sites for hydroxylation is 1. The van der Waals surface area contributed by atoms with E-state index in [1.165, 1.54) is 11.3 Å². The predicted octanol–water partition coefficient (Wildman–Crippen LogP) is 3.35. The standard InChI is InChI=1S/C12H15ClN4O2S/c1-6(16(12(18)19)8-4-3-5-8)9-7(2)17-11(20-9)14-10(13)15-17/h6,8H,3-5H2,1-2H3,(H,18,19). The lowest BCUT2D eigenvalue weighted by Gasteiger charge is -2.39. The molecule has 0 radical (unpaired) electrons. The summed E-state index contributed by atoms with van der Waals surface area (Å²) in [6, 6.07) is -0.0575. The molecule has 20 heavy (non-hydrogen) atoms. The molecule has 0 saturated heterocycles. The molecule has 0 bridgehead atoms.